The average molecular weight is 467 g/mol. The minimum absolute atomic E-state index is 0.189. The standard InChI is InChI=1S/C28H42N4O2/c1-2-29-17-19-30(20-18-29)26(33)14-6-13-25-24-12-8-16-31-15-7-11-23(27(24)31)21-32(25)28(34)22-9-4-3-5-10-22/h3-5,9-10,23-25,27H,2,6-8,11-21H2,1H3/t23-,24+,25+,27-/m0/s1. The van der Waals surface area contributed by atoms with Gasteiger partial charge in [-0.3, -0.25) is 14.5 Å². The van der Waals surface area contributed by atoms with Crippen molar-refractivity contribution in [3.63, 3.8) is 0 Å². The van der Waals surface area contributed by atoms with Crippen LogP contribution in [0.5, 0.6) is 0 Å². The Labute approximate surface area is 205 Å². The number of benzene rings is 1. The van der Waals surface area contributed by atoms with Crippen LogP contribution in [0, 0.1) is 11.8 Å². The molecule has 0 aromatic heterocycles. The van der Waals surface area contributed by atoms with E-state index in [1.807, 2.05) is 30.3 Å². The van der Waals surface area contributed by atoms with Crippen molar-refractivity contribution < 1.29 is 9.59 Å². The number of hydrogen-bond donors (Lipinski definition) is 0. The average Bonchev–Trinajstić information content (AvgIpc) is 2.90. The number of amides is 2. The van der Waals surface area contributed by atoms with Crippen LogP contribution in [0.4, 0.5) is 0 Å². The second-order valence-corrected chi connectivity index (χ2v) is 10.8. The molecule has 6 heteroatoms. The number of hydrogen-bond acceptors (Lipinski definition) is 4. The fraction of sp³-hybridized carbons (Fsp3) is 0.714. The second kappa shape index (κ2) is 10.8. The number of likely N-dealkylation sites (N-methyl/N-ethyl adjacent to an activating group) is 1. The number of piperidine rings is 3. The van der Waals surface area contributed by atoms with E-state index in [-0.39, 0.29) is 11.9 Å². The Balaban J connectivity index is 1.28. The fourth-order valence-electron chi connectivity index (χ4n) is 7.28. The molecule has 0 radical (unpaired) electrons. The molecule has 186 valence electrons. The molecule has 4 atom stereocenters. The maximum Gasteiger partial charge on any atom is 0.254 e. The molecule has 0 saturated carbocycles. The van der Waals surface area contributed by atoms with Gasteiger partial charge in [0.25, 0.3) is 5.91 Å². The van der Waals surface area contributed by atoms with Crippen LogP contribution in [0.25, 0.3) is 0 Å². The SMILES string of the molecule is CCN1CCN(C(=O)CCC[C@@H]2[C@H]3CCCN4CCC[C@@H](CN2C(=O)c2ccccc2)[C@@H]34)CC1. The smallest absolute Gasteiger partial charge is 0.254 e. The van der Waals surface area contributed by atoms with E-state index < -0.39 is 0 Å². The topological polar surface area (TPSA) is 47.1 Å². The summed E-state index contributed by atoms with van der Waals surface area (Å²) in [5.41, 5.74) is 0.805. The van der Waals surface area contributed by atoms with E-state index >= 15 is 0 Å². The van der Waals surface area contributed by atoms with Crippen LogP contribution < -0.4 is 0 Å². The van der Waals surface area contributed by atoms with Crippen molar-refractivity contribution in [2.75, 3.05) is 52.4 Å². The normalized spacial score (nSPS) is 30.1. The lowest BCUT2D eigenvalue weighted by Gasteiger charge is -2.57. The Bertz CT molecular complexity index is 836. The summed E-state index contributed by atoms with van der Waals surface area (Å²) in [5, 5.41) is 0. The van der Waals surface area contributed by atoms with Gasteiger partial charge in [0.05, 0.1) is 0 Å². The minimum Gasteiger partial charge on any atom is -0.340 e. The van der Waals surface area contributed by atoms with Gasteiger partial charge in [-0.25, -0.2) is 0 Å². The highest BCUT2D eigenvalue weighted by molar-refractivity contribution is 5.94. The summed E-state index contributed by atoms with van der Waals surface area (Å²) in [6.45, 7) is 10.3. The van der Waals surface area contributed by atoms with Gasteiger partial charge in [-0.15, -0.1) is 0 Å². The zero-order chi connectivity index (χ0) is 23.5. The third kappa shape index (κ3) is 4.90. The molecule has 4 fully saturated rings. The van der Waals surface area contributed by atoms with E-state index in [9.17, 15) is 9.59 Å². The quantitative estimate of drug-likeness (QED) is 0.645. The van der Waals surface area contributed by atoms with E-state index in [0.717, 1.165) is 57.7 Å². The molecule has 0 bridgehead atoms. The van der Waals surface area contributed by atoms with Crippen molar-refractivity contribution in [2.45, 2.75) is 64.0 Å². The Morgan fingerprint density at radius 2 is 1.68 bits per heavy atom. The van der Waals surface area contributed by atoms with Crippen molar-refractivity contribution in [1.29, 1.82) is 0 Å². The lowest BCUT2D eigenvalue weighted by molar-refractivity contribution is -0.133. The van der Waals surface area contributed by atoms with Crippen LogP contribution in [0.1, 0.15) is 62.2 Å². The van der Waals surface area contributed by atoms with Crippen LogP contribution in [-0.2, 0) is 4.79 Å². The number of carbonyl (C=O) groups is 2. The summed E-state index contributed by atoms with van der Waals surface area (Å²) < 4.78 is 0. The summed E-state index contributed by atoms with van der Waals surface area (Å²) in [6, 6.07) is 10.7. The van der Waals surface area contributed by atoms with Crippen molar-refractivity contribution in [2.24, 2.45) is 11.8 Å². The van der Waals surface area contributed by atoms with E-state index in [0.29, 0.717) is 30.2 Å². The molecule has 4 saturated heterocycles. The van der Waals surface area contributed by atoms with Crippen molar-refractivity contribution in [1.82, 2.24) is 19.6 Å². The zero-order valence-corrected chi connectivity index (χ0v) is 20.9. The van der Waals surface area contributed by atoms with Gasteiger partial charge in [0.1, 0.15) is 0 Å². The van der Waals surface area contributed by atoms with Gasteiger partial charge in [0.15, 0.2) is 0 Å². The van der Waals surface area contributed by atoms with Crippen molar-refractivity contribution in [3.8, 4) is 0 Å². The molecule has 0 N–H and O–H groups in total. The molecular weight excluding hydrogens is 424 g/mol. The molecule has 0 unspecified atom stereocenters. The molecule has 4 heterocycles. The molecule has 4 aliphatic heterocycles. The summed E-state index contributed by atoms with van der Waals surface area (Å²) in [5.74, 6) is 1.63. The van der Waals surface area contributed by atoms with Crippen LogP contribution in [0.15, 0.2) is 30.3 Å². The van der Waals surface area contributed by atoms with Crippen LogP contribution in [0.2, 0.25) is 0 Å². The zero-order valence-electron chi connectivity index (χ0n) is 20.9. The third-order valence-electron chi connectivity index (χ3n) is 9.02. The first-order valence-corrected chi connectivity index (χ1v) is 13.8. The minimum atomic E-state index is 0.189. The van der Waals surface area contributed by atoms with Crippen LogP contribution >= 0.6 is 0 Å². The van der Waals surface area contributed by atoms with Gasteiger partial charge in [0.2, 0.25) is 5.91 Å². The van der Waals surface area contributed by atoms with Gasteiger partial charge in [-0.1, -0.05) is 25.1 Å². The Morgan fingerprint density at radius 1 is 0.941 bits per heavy atom. The predicted octanol–water partition coefficient (Wildman–Crippen LogP) is 3.34. The van der Waals surface area contributed by atoms with Crippen LogP contribution in [-0.4, -0.2) is 95.9 Å². The predicted molar refractivity (Wildman–Crippen MR) is 135 cm³/mol. The maximum absolute atomic E-state index is 13.7. The van der Waals surface area contributed by atoms with Gasteiger partial charge < -0.3 is 14.7 Å². The molecule has 0 spiro atoms. The van der Waals surface area contributed by atoms with Crippen molar-refractivity contribution >= 4 is 11.8 Å². The fourth-order valence-corrected chi connectivity index (χ4v) is 7.28. The van der Waals surface area contributed by atoms with E-state index in [1.54, 1.807) is 0 Å². The Morgan fingerprint density at radius 3 is 2.41 bits per heavy atom. The van der Waals surface area contributed by atoms with Gasteiger partial charge in [0, 0.05) is 56.8 Å². The van der Waals surface area contributed by atoms with Gasteiger partial charge in [-0.2, -0.15) is 0 Å². The molecular formula is C28H42N4O2. The molecule has 5 rings (SSSR count). The number of rotatable bonds is 6. The number of piperazine rings is 1. The molecule has 1 aromatic carbocycles. The van der Waals surface area contributed by atoms with Gasteiger partial charge >= 0.3 is 0 Å². The molecule has 4 aliphatic rings. The Kier molecular flexibility index (Phi) is 7.55. The summed E-state index contributed by atoms with van der Waals surface area (Å²) in [4.78, 5) is 36.0. The first kappa shape index (κ1) is 23.8. The summed E-state index contributed by atoms with van der Waals surface area (Å²) in [7, 11) is 0. The first-order chi connectivity index (χ1) is 16.7. The lowest BCUT2D eigenvalue weighted by Crippen LogP contribution is -2.65. The number of nitrogens with zero attached hydrogens (tertiary/aromatic N) is 4. The highest BCUT2D eigenvalue weighted by atomic mass is 16.2. The Hall–Kier alpha value is -1.92. The monoisotopic (exact) mass is 466 g/mol. The first-order valence-electron chi connectivity index (χ1n) is 13.8. The van der Waals surface area contributed by atoms with E-state index in [4.69, 9.17) is 0 Å². The molecule has 6 nitrogen and oxygen atoms in total. The number of carbonyl (C=O) groups excluding carboxylic acids is 2. The molecule has 0 aliphatic carbocycles. The maximum atomic E-state index is 13.7. The third-order valence-corrected chi connectivity index (χ3v) is 9.02. The van der Waals surface area contributed by atoms with Gasteiger partial charge in [-0.05, 0) is 82.1 Å². The molecule has 34 heavy (non-hydrogen) atoms. The summed E-state index contributed by atoms with van der Waals surface area (Å²) >= 11 is 0. The number of likely N-dealkylation sites (tertiary alicyclic amines) is 1. The summed E-state index contributed by atoms with van der Waals surface area (Å²) in [6.07, 6.45) is 7.38. The van der Waals surface area contributed by atoms with Crippen LogP contribution in [0.3, 0.4) is 0 Å². The van der Waals surface area contributed by atoms with E-state index in [2.05, 4.69) is 26.5 Å². The largest absolute Gasteiger partial charge is 0.340 e. The highest BCUT2D eigenvalue weighted by Crippen LogP contribution is 2.43. The molecule has 2 amide bonds. The van der Waals surface area contributed by atoms with Crippen molar-refractivity contribution in [3.05, 3.63) is 35.9 Å². The second-order valence-electron chi connectivity index (χ2n) is 10.8. The molecule has 1 aromatic rings. The lowest BCUT2D eigenvalue weighted by atomic mass is 9.69. The highest BCUT2D eigenvalue weighted by Gasteiger charge is 2.49. The van der Waals surface area contributed by atoms with E-state index in [1.165, 1.54) is 38.8 Å².